The first-order valence-corrected chi connectivity index (χ1v) is 6.33. The Labute approximate surface area is 86.5 Å². The van der Waals surface area contributed by atoms with E-state index in [1.807, 2.05) is 13.8 Å². The van der Waals surface area contributed by atoms with E-state index < -0.39 is 0 Å². The Morgan fingerprint density at radius 2 is 2.00 bits per heavy atom. The standard InChI is InChI=1S/C9H20NP.C2H6/c1-8(2)3-5-10-6-4-9(11)7-10;1-2/h8-9H,3-7,11H2,1-2H3;1-2H3. The Hall–Kier alpha value is 0.390. The summed E-state index contributed by atoms with van der Waals surface area (Å²) in [5, 5.41) is 0. The zero-order chi connectivity index (χ0) is 10.3. The maximum absolute atomic E-state index is 2.93. The summed E-state index contributed by atoms with van der Waals surface area (Å²) >= 11 is 0. The van der Waals surface area contributed by atoms with Gasteiger partial charge < -0.3 is 4.90 Å². The monoisotopic (exact) mass is 203 g/mol. The van der Waals surface area contributed by atoms with Crippen LogP contribution in [0.15, 0.2) is 0 Å². The van der Waals surface area contributed by atoms with Crippen LogP contribution in [0.5, 0.6) is 0 Å². The Balaban J connectivity index is 0.000000671. The molecule has 0 N–H and O–H groups in total. The summed E-state index contributed by atoms with van der Waals surface area (Å²) in [7, 11) is 2.93. The van der Waals surface area contributed by atoms with Crippen molar-refractivity contribution in [2.75, 3.05) is 19.6 Å². The molecule has 0 amide bonds. The van der Waals surface area contributed by atoms with Crippen molar-refractivity contribution in [3.8, 4) is 0 Å². The van der Waals surface area contributed by atoms with Crippen LogP contribution in [0.1, 0.15) is 40.5 Å². The summed E-state index contributed by atoms with van der Waals surface area (Å²) in [6.07, 6.45) is 2.74. The molecule has 0 aromatic carbocycles. The van der Waals surface area contributed by atoms with Crippen molar-refractivity contribution in [1.29, 1.82) is 0 Å². The lowest BCUT2D eigenvalue weighted by Crippen LogP contribution is -2.22. The lowest BCUT2D eigenvalue weighted by atomic mass is 10.1. The van der Waals surface area contributed by atoms with Gasteiger partial charge in [-0.3, -0.25) is 0 Å². The van der Waals surface area contributed by atoms with Gasteiger partial charge in [-0.25, -0.2) is 0 Å². The van der Waals surface area contributed by atoms with Gasteiger partial charge in [0.15, 0.2) is 0 Å². The molecule has 1 nitrogen and oxygen atoms in total. The maximum atomic E-state index is 2.93. The van der Waals surface area contributed by atoms with E-state index in [0.29, 0.717) is 0 Å². The lowest BCUT2D eigenvalue weighted by molar-refractivity contribution is 0.314. The van der Waals surface area contributed by atoms with Gasteiger partial charge in [0.1, 0.15) is 0 Å². The zero-order valence-electron chi connectivity index (χ0n) is 9.71. The average molecular weight is 203 g/mol. The Morgan fingerprint density at radius 3 is 2.38 bits per heavy atom. The van der Waals surface area contributed by atoms with Gasteiger partial charge in [-0.05, 0) is 37.5 Å². The molecule has 1 fully saturated rings. The summed E-state index contributed by atoms with van der Waals surface area (Å²) in [5.74, 6) is 0.860. The first-order chi connectivity index (χ1) is 6.18. The predicted octanol–water partition coefficient (Wildman–Crippen LogP) is 3.01. The van der Waals surface area contributed by atoms with Crippen LogP contribution in [0.4, 0.5) is 0 Å². The molecule has 0 aliphatic carbocycles. The molecule has 2 unspecified atom stereocenters. The average Bonchev–Trinajstić information content (AvgIpc) is 2.52. The molecule has 1 aliphatic heterocycles. The third-order valence-corrected chi connectivity index (χ3v) is 2.88. The minimum absolute atomic E-state index is 0.860. The van der Waals surface area contributed by atoms with Crippen molar-refractivity contribution >= 4 is 9.24 Å². The van der Waals surface area contributed by atoms with Crippen LogP contribution in [0.25, 0.3) is 0 Å². The van der Waals surface area contributed by atoms with Crippen LogP contribution in [0.3, 0.4) is 0 Å². The molecule has 1 heterocycles. The van der Waals surface area contributed by atoms with E-state index in [4.69, 9.17) is 0 Å². The molecule has 1 rings (SSSR count). The fourth-order valence-corrected chi connectivity index (χ4v) is 1.95. The number of rotatable bonds is 3. The molecule has 0 aromatic heterocycles. The molecule has 80 valence electrons. The van der Waals surface area contributed by atoms with Crippen LogP contribution in [-0.2, 0) is 0 Å². The summed E-state index contributed by atoms with van der Waals surface area (Å²) in [5.41, 5.74) is 0.863. The Morgan fingerprint density at radius 1 is 1.38 bits per heavy atom. The second-order valence-corrected chi connectivity index (χ2v) is 4.97. The van der Waals surface area contributed by atoms with E-state index >= 15 is 0 Å². The van der Waals surface area contributed by atoms with E-state index in [1.54, 1.807) is 0 Å². The summed E-state index contributed by atoms with van der Waals surface area (Å²) < 4.78 is 0. The van der Waals surface area contributed by atoms with Crippen molar-refractivity contribution in [3.05, 3.63) is 0 Å². The normalized spacial score (nSPS) is 23.1. The van der Waals surface area contributed by atoms with Gasteiger partial charge in [-0.2, -0.15) is 0 Å². The van der Waals surface area contributed by atoms with Gasteiger partial charge in [-0.15, -0.1) is 9.24 Å². The van der Waals surface area contributed by atoms with Gasteiger partial charge in [-0.1, -0.05) is 27.7 Å². The fraction of sp³-hybridized carbons (Fsp3) is 1.00. The van der Waals surface area contributed by atoms with E-state index in [0.717, 1.165) is 11.6 Å². The third-order valence-electron chi connectivity index (χ3n) is 2.33. The van der Waals surface area contributed by atoms with Crippen LogP contribution in [0, 0.1) is 5.92 Å². The van der Waals surface area contributed by atoms with E-state index in [-0.39, 0.29) is 0 Å². The molecule has 1 aliphatic rings. The first kappa shape index (κ1) is 13.4. The topological polar surface area (TPSA) is 3.24 Å². The van der Waals surface area contributed by atoms with Crippen LogP contribution in [-0.4, -0.2) is 30.2 Å². The van der Waals surface area contributed by atoms with Gasteiger partial charge >= 0.3 is 0 Å². The number of nitrogens with zero attached hydrogens (tertiary/aromatic N) is 1. The highest BCUT2D eigenvalue weighted by molar-refractivity contribution is 7.17. The highest BCUT2D eigenvalue weighted by Gasteiger charge is 2.17. The fourth-order valence-electron chi connectivity index (χ4n) is 1.51. The molecule has 13 heavy (non-hydrogen) atoms. The van der Waals surface area contributed by atoms with E-state index in [1.165, 1.54) is 32.5 Å². The quantitative estimate of drug-likeness (QED) is 0.637. The van der Waals surface area contributed by atoms with Crippen molar-refractivity contribution in [2.24, 2.45) is 5.92 Å². The highest BCUT2D eigenvalue weighted by Crippen LogP contribution is 2.17. The molecule has 2 atom stereocenters. The molecule has 0 bridgehead atoms. The van der Waals surface area contributed by atoms with Crippen LogP contribution in [0.2, 0.25) is 0 Å². The summed E-state index contributed by atoms with van der Waals surface area (Å²) in [4.78, 5) is 2.58. The van der Waals surface area contributed by atoms with Crippen LogP contribution >= 0.6 is 9.24 Å². The SMILES string of the molecule is CC.CC(C)CCN1CCC(P)C1. The summed E-state index contributed by atoms with van der Waals surface area (Å²) in [6.45, 7) is 12.5. The molecular weight excluding hydrogens is 177 g/mol. The van der Waals surface area contributed by atoms with Crippen molar-refractivity contribution in [1.82, 2.24) is 4.90 Å². The molecule has 1 saturated heterocycles. The third kappa shape index (κ3) is 6.46. The second-order valence-electron chi connectivity index (χ2n) is 4.03. The second kappa shape index (κ2) is 7.76. The molecule has 2 heteroatoms. The Bertz CT molecular complexity index is 115. The van der Waals surface area contributed by atoms with E-state index in [2.05, 4.69) is 28.0 Å². The van der Waals surface area contributed by atoms with Gasteiger partial charge in [0, 0.05) is 6.54 Å². The first-order valence-electron chi connectivity index (χ1n) is 5.66. The molecule has 0 radical (unpaired) electrons. The van der Waals surface area contributed by atoms with Gasteiger partial charge in [0.05, 0.1) is 0 Å². The zero-order valence-corrected chi connectivity index (χ0v) is 10.9. The molecule has 0 saturated carbocycles. The van der Waals surface area contributed by atoms with Crippen molar-refractivity contribution in [3.63, 3.8) is 0 Å². The molecule has 0 aromatic rings. The smallest absolute Gasteiger partial charge is 0.00448 e. The maximum Gasteiger partial charge on any atom is 0.00448 e. The number of hydrogen-bond donors (Lipinski definition) is 0. The van der Waals surface area contributed by atoms with E-state index in [9.17, 15) is 0 Å². The van der Waals surface area contributed by atoms with Gasteiger partial charge in [0.25, 0.3) is 0 Å². The molecular formula is C11H26NP. The Kier molecular flexibility index (Phi) is 8.00. The van der Waals surface area contributed by atoms with Crippen LogP contribution < -0.4 is 0 Å². The number of likely N-dealkylation sites (tertiary alicyclic amines) is 1. The predicted molar refractivity (Wildman–Crippen MR) is 65.4 cm³/mol. The highest BCUT2D eigenvalue weighted by atomic mass is 31.0. The largest absolute Gasteiger partial charge is 0.303 e. The molecule has 0 spiro atoms. The minimum Gasteiger partial charge on any atom is -0.303 e. The van der Waals surface area contributed by atoms with Gasteiger partial charge in [0.2, 0.25) is 0 Å². The number of hydrogen-bond acceptors (Lipinski definition) is 1. The summed E-state index contributed by atoms with van der Waals surface area (Å²) in [6, 6.07) is 0. The lowest BCUT2D eigenvalue weighted by Gasteiger charge is -2.15. The van der Waals surface area contributed by atoms with Crippen molar-refractivity contribution in [2.45, 2.75) is 46.2 Å². The minimum atomic E-state index is 0.860. The van der Waals surface area contributed by atoms with Crippen molar-refractivity contribution < 1.29 is 0 Å².